The second-order valence-electron chi connectivity index (χ2n) is 6.41. The summed E-state index contributed by atoms with van der Waals surface area (Å²) in [7, 11) is -3.45. The zero-order valence-electron chi connectivity index (χ0n) is 15.1. The number of hydrogen-bond acceptors (Lipinski definition) is 4. The van der Waals surface area contributed by atoms with Crippen LogP contribution in [0.1, 0.15) is 18.1 Å². The zero-order valence-corrected chi connectivity index (χ0v) is 16.0. The first-order valence-corrected chi connectivity index (χ1v) is 10.6. The third-order valence-electron chi connectivity index (χ3n) is 4.66. The van der Waals surface area contributed by atoms with Gasteiger partial charge in [0.15, 0.2) is 0 Å². The Balaban J connectivity index is 1.53. The van der Waals surface area contributed by atoms with Crippen molar-refractivity contribution in [3.63, 3.8) is 0 Å². The van der Waals surface area contributed by atoms with Gasteiger partial charge in [-0.1, -0.05) is 31.2 Å². The van der Waals surface area contributed by atoms with Crippen LogP contribution in [0.15, 0.2) is 53.4 Å². The molecule has 140 valence electrons. The van der Waals surface area contributed by atoms with Crippen molar-refractivity contribution in [3.8, 4) is 0 Å². The topological polar surface area (TPSA) is 58.6 Å². The Labute approximate surface area is 156 Å². The van der Waals surface area contributed by atoms with E-state index in [-0.39, 0.29) is 0 Å². The Bertz CT molecular complexity index is 796. The average molecular weight is 375 g/mol. The van der Waals surface area contributed by atoms with E-state index in [2.05, 4.69) is 33.9 Å². The number of aryl methyl sites for hydroxylation is 1. The van der Waals surface area contributed by atoms with Gasteiger partial charge in [-0.3, -0.25) is 0 Å². The van der Waals surface area contributed by atoms with E-state index in [0.717, 1.165) is 43.9 Å². The molecule has 1 fully saturated rings. The minimum atomic E-state index is -3.45. The summed E-state index contributed by atoms with van der Waals surface area (Å²) in [6.07, 6.45) is 1.56. The number of ether oxygens (including phenoxy) is 1. The molecule has 2 aromatic carbocycles. The first-order valence-electron chi connectivity index (χ1n) is 9.09. The monoisotopic (exact) mass is 374 g/mol. The third-order valence-corrected chi connectivity index (χ3v) is 6.14. The molecule has 1 aliphatic heterocycles. The van der Waals surface area contributed by atoms with Gasteiger partial charge in [-0.25, -0.2) is 13.1 Å². The first-order chi connectivity index (χ1) is 12.6. The molecule has 0 spiro atoms. The van der Waals surface area contributed by atoms with E-state index in [1.165, 1.54) is 5.69 Å². The van der Waals surface area contributed by atoms with Gasteiger partial charge in [0.1, 0.15) is 0 Å². The van der Waals surface area contributed by atoms with E-state index in [4.69, 9.17) is 4.74 Å². The summed E-state index contributed by atoms with van der Waals surface area (Å²) in [5.74, 6) is 0. The maximum atomic E-state index is 12.4. The SMILES string of the molecule is CCc1ccc(S(=O)(=O)NCCc2ccc(N3CCOCC3)cc2)cc1. The molecule has 0 aromatic heterocycles. The number of rotatable bonds is 7. The molecule has 0 saturated carbocycles. The van der Waals surface area contributed by atoms with E-state index in [1.54, 1.807) is 12.1 Å². The van der Waals surface area contributed by atoms with Crippen LogP contribution in [-0.2, 0) is 27.6 Å². The molecule has 6 heteroatoms. The maximum Gasteiger partial charge on any atom is 0.240 e. The number of anilines is 1. The fourth-order valence-corrected chi connectivity index (χ4v) is 4.04. The largest absolute Gasteiger partial charge is 0.378 e. The molecule has 0 unspecified atom stereocenters. The highest BCUT2D eigenvalue weighted by molar-refractivity contribution is 7.89. The summed E-state index contributed by atoms with van der Waals surface area (Å²) in [5, 5.41) is 0. The molecule has 1 aliphatic rings. The van der Waals surface area contributed by atoms with Crippen molar-refractivity contribution < 1.29 is 13.2 Å². The summed E-state index contributed by atoms with van der Waals surface area (Å²) >= 11 is 0. The second-order valence-corrected chi connectivity index (χ2v) is 8.18. The third kappa shape index (κ3) is 4.84. The highest BCUT2D eigenvalue weighted by Gasteiger charge is 2.13. The Hall–Kier alpha value is -1.89. The van der Waals surface area contributed by atoms with E-state index in [0.29, 0.717) is 17.9 Å². The fourth-order valence-electron chi connectivity index (χ4n) is 3.01. The van der Waals surface area contributed by atoms with Crippen LogP contribution in [-0.4, -0.2) is 41.3 Å². The van der Waals surface area contributed by atoms with Gasteiger partial charge in [0.05, 0.1) is 18.1 Å². The Morgan fingerprint density at radius 2 is 1.58 bits per heavy atom. The maximum absolute atomic E-state index is 12.4. The minimum Gasteiger partial charge on any atom is -0.378 e. The molecule has 1 heterocycles. The summed E-state index contributed by atoms with van der Waals surface area (Å²) in [4.78, 5) is 2.62. The van der Waals surface area contributed by atoms with Crippen LogP contribution >= 0.6 is 0 Å². The quantitative estimate of drug-likeness (QED) is 0.809. The van der Waals surface area contributed by atoms with E-state index in [9.17, 15) is 8.42 Å². The van der Waals surface area contributed by atoms with Crippen LogP contribution in [0.25, 0.3) is 0 Å². The summed E-state index contributed by atoms with van der Waals surface area (Å²) in [6.45, 7) is 5.79. The van der Waals surface area contributed by atoms with Gasteiger partial charge in [0.25, 0.3) is 0 Å². The van der Waals surface area contributed by atoms with Crippen molar-refractivity contribution in [1.29, 1.82) is 0 Å². The van der Waals surface area contributed by atoms with E-state index in [1.807, 2.05) is 19.1 Å². The minimum absolute atomic E-state index is 0.317. The first kappa shape index (κ1) is 18.9. The molecule has 0 radical (unpaired) electrons. The molecule has 26 heavy (non-hydrogen) atoms. The van der Waals surface area contributed by atoms with Crippen LogP contribution in [0.5, 0.6) is 0 Å². The molecule has 3 rings (SSSR count). The molecular formula is C20H26N2O3S. The predicted molar refractivity (Wildman–Crippen MR) is 104 cm³/mol. The molecule has 2 aromatic rings. The molecule has 0 bridgehead atoms. The highest BCUT2D eigenvalue weighted by Crippen LogP contribution is 2.17. The molecule has 0 atom stereocenters. The molecular weight excluding hydrogens is 348 g/mol. The number of benzene rings is 2. The Morgan fingerprint density at radius 3 is 2.19 bits per heavy atom. The van der Waals surface area contributed by atoms with Gasteiger partial charge < -0.3 is 9.64 Å². The van der Waals surface area contributed by atoms with Crippen molar-refractivity contribution in [2.45, 2.75) is 24.7 Å². The summed E-state index contributed by atoms with van der Waals surface area (Å²) in [6, 6.07) is 15.4. The molecule has 0 amide bonds. The van der Waals surface area contributed by atoms with Crippen molar-refractivity contribution in [2.24, 2.45) is 0 Å². The number of morpholine rings is 1. The van der Waals surface area contributed by atoms with Crippen molar-refractivity contribution in [3.05, 3.63) is 59.7 Å². The lowest BCUT2D eigenvalue weighted by atomic mass is 10.1. The van der Waals surface area contributed by atoms with Crippen LogP contribution in [0.3, 0.4) is 0 Å². The Morgan fingerprint density at radius 1 is 0.962 bits per heavy atom. The number of nitrogens with one attached hydrogen (secondary N) is 1. The standard InChI is InChI=1S/C20H26N2O3S/c1-2-17-5-9-20(10-6-17)26(23,24)21-12-11-18-3-7-19(8-4-18)22-13-15-25-16-14-22/h3-10,21H,2,11-16H2,1H3. The molecule has 1 N–H and O–H groups in total. The van der Waals surface area contributed by atoms with Crippen LogP contribution in [0, 0.1) is 0 Å². The smallest absolute Gasteiger partial charge is 0.240 e. The lowest BCUT2D eigenvalue weighted by Crippen LogP contribution is -2.36. The van der Waals surface area contributed by atoms with Crippen LogP contribution < -0.4 is 9.62 Å². The highest BCUT2D eigenvalue weighted by atomic mass is 32.2. The molecule has 5 nitrogen and oxygen atoms in total. The van der Waals surface area contributed by atoms with E-state index >= 15 is 0 Å². The fraction of sp³-hybridized carbons (Fsp3) is 0.400. The average Bonchev–Trinajstić information content (AvgIpc) is 2.69. The molecule has 0 aliphatic carbocycles. The van der Waals surface area contributed by atoms with Crippen molar-refractivity contribution >= 4 is 15.7 Å². The van der Waals surface area contributed by atoms with Gasteiger partial charge in [-0.2, -0.15) is 0 Å². The van der Waals surface area contributed by atoms with Gasteiger partial charge in [-0.05, 0) is 48.2 Å². The van der Waals surface area contributed by atoms with E-state index < -0.39 is 10.0 Å². The Kier molecular flexibility index (Phi) is 6.29. The van der Waals surface area contributed by atoms with Gasteiger partial charge in [0, 0.05) is 25.3 Å². The second kappa shape index (κ2) is 8.66. The number of hydrogen-bond donors (Lipinski definition) is 1. The van der Waals surface area contributed by atoms with Gasteiger partial charge >= 0.3 is 0 Å². The molecule has 1 saturated heterocycles. The number of sulfonamides is 1. The van der Waals surface area contributed by atoms with Gasteiger partial charge in [0.2, 0.25) is 10.0 Å². The summed E-state index contributed by atoms with van der Waals surface area (Å²) in [5.41, 5.74) is 3.43. The van der Waals surface area contributed by atoms with Crippen molar-refractivity contribution in [2.75, 3.05) is 37.7 Å². The normalized spacial score (nSPS) is 15.2. The number of nitrogens with zero attached hydrogens (tertiary/aromatic N) is 1. The van der Waals surface area contributed by atoms with Crippen molar-refractivity contribution in [1.82, 2.24) is 4.72 Å². The van der Waals surface area contributed by atoms with Crippen LogP contribution in [0.4, 0.5) is 5.69 Å². The predicted octanol–water partition coefficient (Wildman–Crippen LogP) is 2.61. The zero-order chi connectivity index (χ0) is 18.4. The lowest BCUT2D eigenvalue weighted by molar-refractivity contribution is 0.122. The van der Waals surface area contributed by atoms with Crippen LogP contribution in [0.2, 0.25) is 0 Å². The van der Waals surface area contributed by atoms with Gasteiger partial charge in [-0.15, -0.1) is 0 Å². The lowest BCUT2D eigenvalue weighted by Gasteiger charge is -2.28. The summed E-state index contributed by atoms with van der Waals surface area (Å²) < 4.78 is 32.8.